The molecule has 0 radical (unpaired) electrons. The Labute approximate surface area is 95.7 Å². The van der Waals surface area contributed by atoms with Gasteiger partial charge < -0.3 is 0 Å². The molecule has 0 saturated heterocycles. The number of nitrogens with one attached hydrogen (secondary N) is 1. The number of rotatable bonds is 2. The van der Waals surface area contributed by atoms with Crippen molar-refractivity contribution in [2.75, 3.05) is 0 Å². The molecule has 0 aliphatic carbocycles. The molecule has 0 fully saturated rings. The molecule has 0 atom stereocenters. The van der Waals surface area contributed by atoms with Gasteiger partial charge in [-0.25, -0.2) is 0 Å². The summed E-state index contributed by atoms with van der Waals surface area (Å²) in [5, 5.41) is 13.6. The first-order chi connectivity index (χ1) is 7.92. The summed E-state index contributed by atoms with van der Waals surface area (Å²) in [5.41, 5.74) is 3.66. The summed E-state index contributed by atoms with van der Waals surface area (Å²) in [4.78, 5) is 0. The van der Waals surface area contributed by atoms with E-state index in [-0.39, 0.29) is 0 Å². The Morgan fingerprint density at radius 2 is 1.75 bits per heavy atom. The highest BCUT2D eigenvalue weighted by molar-refractivity contribution is 5.85. The summed E-state index contributed by atoms with van der Waals surface area (Å²) in [7, 11) is 0. The van der Waals surface area contributed by atoms with Crippen molar-refractivity contribution in [1.82, 2.24) is 5.43 Å². The van der Waals surface area contributed by atoms with Gasteiger partial charge in [0.15, 0.2) is 0 Å². The molecule has 0 saturated carbocycles. The zero-order chi connectivity index (χ0) is 11.8. The summed E-state index contributed by atoms with van der Waals surface area (Å²) >= 11 is 0. The van der Waals surface area contributed by atoms with Gasteiger partial charge in [-0.05, 0) is 21.8 Å². The van der Waals surface area contributed by atoms with Gasteiger partial charge in [0.25, 0.3) is 5.39 Å². The van der Waals surface area contributed by atoms with Crippen LogP contribution in [0, 0.1) is 5.39 Å². The Hall–Kier alpha value is -2.08. The molecule has 2 aromatic rings. The second kappa shape index (κ2) is 6.41. The standard InChI is InChI=1S/C11H10N3.C2H6/c12-14-13-8-10-6-3-5-9-4-1-2-7-11(9)10;1-2/h1-7,13H,8H2;1-2H3/q+1;. The van der Waals surface area contributed by atoms with Crippen LogP contribution in [-0.4, -0.2) is 0 Å². The molecule has 0 aromatic heterocycles. The number of nitrogens with zero attached hydrogens (tertiary/aromatic N) is 2. The van der Waals surface area contributed by atoms with Gasteiger partial charge in [-0.3, -0.25) is 0 Å². The van der Waals surface area contributed by atoms with E-state index in [1.165, 1.54) is 10.8 Å². The molecule has 82 valence electrons. The van der Waals surface area contributed by atoms with Crippen molar-refractivity contribution in [3.63, 3.8) is 0 Å². The van der Waals surface area contributed by atoms with Crippen LogP contribution in [0.2, 0.25) is 0 Å². The second-order valence-electron chi connectivity index (χ2n) is 3.07. The van der Waals surface area contributed by atoms with Crippen LogP contribution in [-0.2, 0) is 6.54 Å². The van der Waals surface area contributed by atoms with Gasteiger partial charge in [0.2, 0.25) is 0 Å². The van der Waals surface area contributed by atoms with Crippen LogP contribution in [0.4, 0.5) is 0 Å². The van der Waals surface area contributed by atoms with E-state index in [1.54, 1.807) is 0 Å². The van der Waals surface area contributed by atoms with Crippen molar-refractivity contribution >= 4 is 10.8 Å². The Kier molecular flexibility index (Phi) is 4.81. The van der Waals surface area contributed by atoms with Gasteiger partial charge in [-0.1, -0.05) is 56.3 Å². The monoisotopic (exact) mass is 214 g/mol. The maximum absolute atomic E-state index is 8.31. The van der Waals surface area contributed by atoms with Crippen molar-refractivity contribution in [2.24, 2.45) is 0 Å². The van der Waals surface area contributed by atoms with E-state index in [0.29, 0.717) is 6.54 Å². The van der Waals surface area contributed by atoms with E-state index in [2.05, 4.69) is 28.7 Å². The normalized spacial score (nSPS) is 8.81. The number of hydrogen-bond donors (Lipinski definition) is 1. The third-order valence-corrected chi connectivity index (χ3v) is 2.22. The largest absolute Gasteiger partial charge is 0.303 e. The average molecular weight is 214 g/mol. The van der Waals surface area contributed by atoms with Crippen LogP contribution in [0.15, 0.2) is 42.5 Å². The molecule has 3 nitrogen and oxygen atoms in total. The number of hydrogen-bond acceptors (Lipinski definition) is 2. The zero-order valence-corrected chi connectivity index (χ0v) is 9.64. The van der Waals surface area contributed by atoms with E-state index in [1.807, 2.05) is 38.1 Å². The predicted octanol–water partition coefficient (Wildman–Crippen LogP) is 3.72. The average Bonchev–Trinajstić information content (AvgIpc) is 2.38. The van der Waals surface area contributed by atoms with Gasteiger partial charge in [-0.2, -0.15) is 0 Å². The molecule has 1 N–H and O–H groups in total. The van der Waals surface area contributed by atoms with Crippen molar-refractivity contribution in [2.45, 2.75) is 20.4 Å². The van der Waals surface area contributed by atoms with E-state index in [9.17, 15) is 0 Å². The fourth-order valence-electron chi connectivity index (χ4n) is 1.57. The maximum Gasteiger partial charge on any atom is 0.303 e. The van der Waals surface area contributed by atoms with Gasteiger partial charge in [0, 0.05) is 0 Å². The fourth-order valence-corrected chi connectivity index (χ4v) is 1.57. The molecule has 0 bridgehead atoms. The van der Waals surface area contributed by atoms with E-state index in [0.717, 1.165) is 5.56 Å². The molecule has 16 heavy (non-hydrogen) atoms. The molecular weight excluding hydrogens is 198 g/mol. The minimum atomic E-state index is 0.540. The molecular formula is C13H16N3+. The van der Waals surface area contributed by atoms with Crippen molar-refractivity contribution in [3.8, 4) is 0 Å². The Morgan fingerprint density at radius 3 is 2.50 bits per heavy atom. The Bertz CT molecular complexity index is 480. The second-order valence-corrected chi connectivity index (χ2v) is 3.07. The summed E-state index contributed by atoms with van der Waals surface area (Å²) in [6.07, 6.45) is 0. The Morgan fingerprint density at radius 1 is 1.06 bits per heavy atom. The molecule has 0 unspecified atom stereocenters. The Balaban J connectivity index is 0.000000606. The van der Waals surface area contributed by atoms with E-state index >= 15 is 0 Å². The van der Waals surface area contributed by atoms with Gasteiger partial charge in [-0.15, -0.1) is 0 Å². The third-order valence-electron chi connectivity index (χ3n) is 2.22. The van der Waals surface area contributed by atoms with Crippen LogP contribution in [0.5, 0.6) is 0 Å². The highest BCUT2D eigenvalue weighted by Crippen LogP contribution is 2.17. The van der Waals surface area contributed by atoms with Crippen LogP contribution in [0.3, 0.4) is 0 Å². The SMILES string of the molecule is CC.N#[N+]NCc1cccc2ccccc12. The van der Waals surface area contributed by atoms with Crippen LogP contribution in [0.25, 0.3) is 15.9 Å². The maximum atomic E-state index is 8.31. The summed E-state index contributed by atoms with van der Waals surface area (Å²) < 4.78 is 0. The van der Waals surface area contributed by atoms with Crippen molar-refractivity contribution in [1.29, 1.82) is 5.39 Å². The topological polar surface area (TPSA) is 40.2 Å². The molecule has 0 heterocycles. The molecule has 2 rings (SSSR count). The first kappa shape index (κ1) is 12.0. The number of fused-ring (bicyclic) bond motifs is 1. The molecule has 0 aliphatic heterocycles. The summed E-state index contributed by atoms with van der Waals surface area (Å²) in [6, 6.07) is 14.2. The molecule has 2 aromatic carbocycles. The quantitative estimate of drug-likeness (QED) is 0.611. The lowest BCUT2D eigenvalue weighted by molar-refractivity contribution is 0.849. The third kappa shape index (κ3) is 2.71. The lowest BCUT2D eigenvalue weighted by Crippen LogP contribution is -2.01. The first-order valence-electron chi connectivity index (χ1n) is 5.45. The van der Waals surface area contributed by atoms with Crippen molar-refractivity contribution < 1.29 is 0 Å². The first-order valence-corrected chi connectivity index (χ1v) is 5.45. The van der Waals surface area contributed by atoms with E-state index < -0.39 is 0 Å². The lowest BCUT2D eigenvalue weighted by Gasteiger charge is -2.01. The fraction of sp³-hybridized carbons (Fsp3) is 0.231. The summed E-state index contributed by atoms with van der Waals surface area (Å²) in [5.74, 6) is 0. The van der Waals surface area contributed by atoms with Gasteiger partial charge >= 0.3 is 5.08 Å². The molecule has 0 aliphatic rings. The molecule has 0 spiro atoms. The van der Waals surface area contributed by atoms with Crippen molar-refractivity contribution in [3.05, 3.63) is 53.1 Å². The number of diazo groups is 1. The van der Waals surface area contributed by atoms with E-state index in [4.69, 9.17) is 5.39 Å². The van der Waals surface area contributed by atoms with Crippen LogP contribution in [0.1, 0.15) is 19.4 Å². The van der Waals surface area contributed by atoms with Crippen LogP contribution >= 0.6 is 0 Å². The van der Waals surface area contributed by atoms with Crippen LogP contribution < -0.4 is 5.43 Å². The molecule has 0 amide bonds. The smallest absolute Gasteiger partial charge is 0.0683 e. The minimum Gasteiger partial charge on any atom is -0.0683 e. The zero-order valence-electron chi connectivity index (χ0n) is 9.64. The predicted molar refractivity (Wildman–Crippen MR) is 67.2 cm³/mol. The highest BCUT2D eigenvalue weighted by atomic mass is 15.3. The highest BCUT2D eigenvalue weighted by Gasteiger charge is 2.01. The minimum absolute atomic E-state index is 0.540. The lowest BCUT2D eigenvalue weighted by atomic mass is 10.1. The number of benzene rings is 2. The molecule has 3 heteroatoms. The van der Waals surface area contributed by atoms with Gasteiger partial charge in [0.05, 0.1) is 0 Å². The summed E-state index contributed by atoms with van der Waals surface area (Å²) in [6.45, 7) is 4.54. The van der Waals surface area contributed by atoms with Gasteiger partial charge in [0.1, 0.15) is 6.54 Å².